The number of hydrogen-bond donors (Lipinski definition) is 1. The van der Waals surface area contributed by atoms with E-state index in [1.807, 2.05) is 13.8 Å². The van der Waals surface area contributed by atoms with Gasteiger partial charge in [0.25, 0.3) is 0 Å². The number of carbonyl (C=O) groups is 1. The van der Waals surface area contributed by atoms with Crippen LogP contribution in [-0.4, -0.2) is 25.7 Å². The molecule has 0 aromatic rings. The van der Waals surface area contributed by atoms with Crippen LogP contribution in [0.2, 0.25) is 0 Å². The van der Waals surface area contributed by atoms with E-state index < -0.39 is 0 Å². The fourth-order valence-electron chi connectivity index (χ4n) is 1.73. The molecular weight excluding hydrogens is 257 g/mol. The van der Waals surface area contributed by atoms with Crippen molar-refractivity contribution in [1.82, 2.24) is 5.32 Å². The SMILES string of the molecule is C=C/C(CCNCCC(C)C(=O)OCC)=C(C)\C=C\F. The fourth-order valence-corrected chi connectivity index (χ4v) is 1.73. The van der Waals surface area contributed by atoms with Gasteiger partial charge in [-0.15, -0.1) is 0 Å². The number of esters is 1. The minimum Gasteiger partial charge on any atom is -0.466 e. The summed E-state index contributed by atoms with van der Waals surface area (Å²) in [4.78, 5) is 11.4. The molecule has 0 saturated carbocycles. The van der Waals surface area contributed by atoms with E-state index in [4.69, 9.17) is 4.74 Å². The van der Waals surface area contributed by atoms with Crippen molar-refractivity contribution < 1.29 is 13.9 Å². The summed E-state index contributed by atoms with van der Waals surface area (Å²) in [5.74, 6) is -0.238. The van der Waals surface area contributed by atoms with Crippen molar-refractivity contribution in [2.45, 2.75) is 33.6 Å². The van der Waals surface area contributed by atoms with Crippen molar-refractivity contribution >= 4 is 5.97 Å². The van der Waals surface area contributed by atoms with Gasteiger partial charge in [-0.2, -0.15) is 0 Å². The van der Waals surface area contributed by atoms with Crippen LogP contribution >= 0.6 is 0 Å². The Morgan fingerprint density at radius 2 is 2.15 bits per heavy atom. The molecule has 0 aromatic carbocycles. The highest BCUT2D eigenvalue weighted by Crippen LogP contribution is 2.11. The fraction of sp³-hybridized carbons (Fsp3) is 0.562. The van der Waals surface area contributed by atoms with Crippen LogP contribution in [0.3, 0.4) is 0 Å². The zero-order valence-electron chi connectivity index (χ0n) is 12.7. The lowest BCUT2D eigenvalue weighted by molar-refractivity contribution is -0.147. The summed E-state index contributed by atoms with van der Waals surface area (Å²) in [6.45, 7) is 11.2. The summed E-state index contributed by atoms with van der Waals surface area (Å²) in [6.07, 6.45) is 5.24. The Kier molecular flexibility index (Phi) is 10.6. The second-order valence-corrected chi connectivity index (χ2v) is 4.65. The minimum atomic E-state index is -0.148. The quantitative estimate of drug-likeness (QED) is 0.378. The van der Waals surface area contributed by atoms with Crippen molar-refractivity contribution in [2.24, 2.45) is 5.92 Å². The molecule has 0 aliphatic heterocycles. The van der Waals surface area contributed by atoms with Gasteiger partial charge in [0.05, 0.1) is 18.9 Å². The van der Waals surface area contributed by atoms with Gasteiger partial charge in [-0.1, -0.05) is 19.6 Å². The van der Waals surface area contributed by atoms with Crippen LogP contribution in [0.25, 0.3) is 0 Å². The predicted octanol–water partition coefficient (Wildman–Crippen LogP) is 3.54. The molecule has 1 atom stereocenters. The third-order valence-corrected chi connectivity index (χ3v) is 3.08. The van der Waals surface area contributed by atoms with Gasteiger partial charge >= 0.3 is 5.97 Å². The molecule has 0 aliphatic rings. The number of ether oxygens (including phenoxy) is 1. The van der Waals surface area contributed by atoms with Gasteiger partial charge in [0, 0.05) is 0 Å². The van der Waals surface area contributed by atoms with Gasteiger partial charge in [-0.3, -0.25) is 4.79 Å². The first-order valence-electron chi connectivity index (χ1n) is 7.03. The predicted molar refractivity (Wildman–Crippen MR) is 81.0 cm³/mol. The van der Waals surface area contributed by atoms with Crippen LogP contribution in [0, 0.1) is 5.92 Å². The van der Waals surface area contributed by atoms with E-state index in [9.17, 15) is 9.18 Å². The molecule has 1 unspecified atom stereocenters. The number of hydrogen-bond acceptors (Lipinski definition) is 3. The second-order valence-electron chi connectivity index (χ2n) is 4.65. The molecule has 114 valence electrons. The molecule has 0 fully saturated rings. The molecule has 3 nitrogen and oxygen atoms in total. The zero-order chi connectivity index (χ0) is 15.4. The van der Waals surface area contributed by atoms with Gasteiger partial charge < -0.3 is 10.1 Å². The smallest absolute Gasteiger partial charge is 0.308 e. The summed E-state index contributed by atoms with van der Waals surface area (Å²) in [6, 6.07) is 0. The van der Waals surface area contributed by atoms with Gasteiger partial charge in [-0.25, -0.2) is 4.39 Å². The lowest BCUT2D eigenvalue weighted by atomic mass is 10.1. The topological polar surface area (TPSA) is 38.3 Å². The van der Waals surface area contributed by atoms with Gasteiger partial charge in [0.15, 0.2) is 0 Å². The van der Waals surface area contributed by atoms with E-state index in [0.29, 0.717) is 12.9 Å². The number of rotatable bonds is 10. The highest BCUT2D eigenvalue weighted by molar-refractivity contribution is 5.71. The molecule has 0 aromatic heterocycles. The largest absolute Gasteiger partial charge is 0.466 e. The van der Waals surface area contributed by atoms with Crippen molar-refractivity contribution in [3.05, 3.63) is 36.2 Å². The third kappa shape index (κ3) is 7.89. The maximum Gasteiger partial charge on any atom is 0.308 e. The summed E-state index contributed by atoms with van der Waals surface area (Å²) < 4.78 is 17.0. The Balaban J connectivity index is 3.94. The van der Waals surface area contributed by atoms with E-state index in [1.165, 1.54) is 6.08 Å². The molecule has 4 heteroatoms. The summed E-state index contributed by atoms with van der Waals surface area (Å²) in [7, 11) is 0. The van der Waals surface area contributed by atoms with Crippen molar-refractivity contribution in [3.63, 3.8) is 0 Å². The van der Waals surface area contributed by atoms with Crippen LogP contribution in [0.5, 0.6) is 0 Å². The standard InChI is InChI=1S/C16H26FNO2/c1-5-15(13(3)7-10-17)9-12-18-11-8-14(4)16(19)20-6-2/h5,7,10,14,18H,1,6,8-9,11-12H2,2-4H3/b10-7+,15-13+. The Morgan fingerprint density at radius 1 is 1.45 bits per heavy atom. The third-order valence-electron chi connectivity index (χ3n) is 3.08. The molecular formula is C16H26FNO2. The lowest BCUT2D eigenvalue weighted by Crippen LogP contribution is -2.23. The van der Waals surface area contributed by atoms with Crippen LogP contribution in [0.15, 0.2) is 36.2 Å². The van der Waals surface area contributed by atoms with Crippen molar-refractivity contribution in [1.29, 1.82) is 0 Å². The highest BCUT2D eigenvalue weighted by atomic mass is 19.1. The minimum absolute atomic E-state index is 0.0897. The Bertz CT molecular complexity index is 361. The molecule has 0 bridgehead atoms. The number of nitrogens with one attached hydrogen (secondary N) is 1. The second kappa shape index (κ2) is 11.4. The maximum absolute atomic E-state index is 12.1. The van der Waals surface area contributed by atoms with E-state index in [-0.39, 0.29) is 11.9 Å². The highest BCUT2D eigenvalue weighted by Gasteiger charge is 2.12. The van der Waals surface area contributed by atoms with Crippen molar-refractivity contribution in [3.8, 4) is 0 Å². The molecule has 0 aliphatic carbocycles. The number of halogens is 1. The Morgan fingerprint density at radius 3 is 2.70 bits per heavy atom. The van der Waals surface area contributed by atoms with Crippen molar-refractivity contribution in [2.75, 3.05) is 19.7 Å². The van der Waals surface area contributed by atoms with Gasteiger partial charge in [0.2, 0.25) is 0 Å². The number of carbonyl (C=O) groups excluding carboxylic acids is 1. The van der Waals surface area contributed by atoms with Crippen LogP contribution in [0.1, 0.15) is 33.6 Å². The normalized spacial score (nSPS) is 14.0. The molecule has 0 amide bonds. The van der Waals surface area contributed by atoms with Crippen LogP contribution in [-0.2, 0) is 9.53 Å². The average Bonchev–Trinajstić information content (AvgIpc) is 2.42. The molecule has 0 spiro atoms. The average molecular weight is 283 g/mol. The number of allylic oxidation sites excluding steroid dienone is 3. The van der Waals surface area contributed by atoms with E-state index >= 15 is 0 Å². The molecule has 0 radical (unpaired) electrons. The summed E-state index contributed by atoms with van der Waals surface area (Å²) in [5, 5.41) is 3.27. The molecule has 0 rings (SSSR count). The van der Waals surface area contributed by atoms with Crippen LogP contribution < -0.4 is 5.32 Å². The Hall–Kier alpha value is -1.42. The summed E-state index contributed by atoms with van der Waals surface area (Å²) in [5.41, 5.74) is 1.90. The van der Waals surface area contributed by atoms with E-state index in [1.54, 1.807) is 13.0 Å². The monoisotopic (exact) mass is 283 g/mol. The maximum atomic E-state index is 12.1. The summed E-state index contributed by atoms with van der Waals surface area (Å²) >= 11 is 0. The first-order chi connectivity index (χ1) is 9.56. The van der Waals surface area contributed by atoms with E-state index in [2.05, 4.69) is 11.9 Å². The first-order valence-corrected chi connectivity index (χ1v) is 7.03. The first kappa shape index (κ1) is 18.6. The lowest BCUT2D eigenvalue weighted by Gasteiger charge is -2.11. The van der Waals surface area contributed by atoms with Gasteiger partial charge in [-0.05, 0) is 57.0 Å². The molecule has 20 heavy (non-hydrogen) atoms. The molecule has 0 heterocycles. The van der Waals surface area contributed by atoms with Gasteiger partial charge in [0.1, 0.15) is 0 Å². The Labute approximate surface area is 121 Å². The van der Waals surface area contributed by atoms with E-state index in [0.717, 1.165) is 37.1 Å². The van der Waals surface area contributed by atoms with Crippen LogP contribution in [0.4, 0.5) is 4.39 Å². The molecule has 0 saturated heterocycles. The zero-order valence-corrected chi connectivity index (χ0v) is 12.7. The molecule has 1 N–H and O–H groups in total.